The predicted octanol–water partition coefficient (Wildman–Crippen LogP) is 4.85. The molecule has 2 aromatic carbocycles. The Hall–Kier alpha value is -2.72. The molecule has 0 saturated carbocycles. The Morgan fingerprint density at radius 2 is 1.74 bits per heavy atom. The van der Waals surface area contributed by atoms with Crippen LogP contribution >= 0.6 is 11.3 Å². The number of aryl methyl sites for hydroxylation is 1. The maximum Gasteiger partial charge on any atom is 0.195 e. The number of carbonyl (C=O) groups excluding carboxylic acids is 1. The molecule has 0 atom stereocenters. The standard InChI is InChI=1S/C19H14N2OS/c1-13-7-9-14(10-8-13)17-12-23-19-20-18(16(11-22)21(17)19)15-5-3-2-4-6-15/h2-12H,1H3. The summed E-state index contributed by atoms with van der Waals surface area (Å²) in [6.45, 7) is 2.06. The monoisotopic (exact) mass is 318 g/mol. The molecule has 112 valence electrons. The van der Waals surface area contributed by atoms with Gasteiger partial charge in [0.1, 0.15) is 11.4 Å². The number of rotatable bonds is 3. The van der Waals surface area contributed by atoms with Crippen LogP contribution in [0.2, 0.25) is 0 Å². The molecule has 0 bridgehead atoms. The largest absolute Gasteiger partial charge is 0.296 e. The van der Waals surface area contributed by atoms with Crippen molar-refractivity contribution in [2.24, 2.45) is 0 Å². The molecule has 4 aromatic rings. The van der Waals surface area contributed by atoms with E-state index < -0.39 is 0 Å². The molecule has 4 heteroatoms. The van der Waals surface area contributed by atoms with Crippen LogP contribution in [0.4, 0.5) is 0 Å². The average molecular weight is 318 g/mol. The number of thiazole rings is 1. The summed E-state index contributed by atoms with van der Waals surface area (Å²) in [6.07, 6.45) is 0.896. The molecule has 0 unspecified atom stereocenters. The van der Waals surface area contributed by atoms with Crippen LogP contribution in [0.3, 0.4) is 0 Å². The highest BCUT2D eigenvalue weighted by Gasteiger charge is 2.18. The first-order valence-electron chi connectivity index (χ1n) is 7.35. The fourth-order valence-electron chi connectivity index (χ4n) is 2.72. The molecule has 0 fully saturated rings. The SMILES string of the molecule is Cc1ccc(-c2csc3nc(-c4ccccc4)c(C=O)n23)cc1. The van der Waals surface area contributed by atoms with Crippen molar-refractivity contribution in [2.75, 3.05) is 0 Å². The van der Waals surface area contributed by atoms with Crippen molar-refractivity contribution in [3.8, 4) is 22.5 Å². The molecule has 0 N–H and O–H groups in total. The number of aldehydes is 1. The number of hydrogen-bond acceptors (Lipinski definition) is 3. The zero-order valence-electron chi connectivity index (χ0n) is 12.6. The van der Waals surface area contributed by atoms with Gasteiger partial charge in [0.25, 0.3) is 0 Å². The third-order valence-electron chi connectivity index (χ3n) is 3.91. The minimum atomic E-state index is 0.600. The summed E-state index contributed by atoms with van der Waals surface area (Å²) in [5, 5.41) is 2.05. The second-order valence-corrected chi connectivity index (χ2v) is 6.27. The van der Waals surface area contributed by atoms with E-state index in [0.29, 0.717) is 5.69 Å². The smallest absolute Gasteiger partial charge is 0.195 e. The van der Waals surface area contributed by atoms with E-state index in [9.17, 15) is 4.79 Å². The Bertz CT molecular complexity index is 982. The van der Waals surface area contributed by atoms with Gasteiger partial charge in [0.2, 0.25) is 0 Å². The van der Waals surface area contributed by atoms with E-state index in [0.717, 1.165) is 33.8 Å². The third kappa shape index (κ3) is 2.28. The number of fused-ring (bicyclic) bond motifs is 1. The number of nitrogens with zero attached hydrogens (tertiary/aromatic N) is 2. The highest BCUT2D eigenvalue weighted by atomic mass is 32.1. The maximum atomic E-state index is 11.8. The van der Waals surface area contributed by atoms with Crippen molar-refractivity contribution in [1.29, 1.82) is 0 Å². The van der Waals surface area contributed by atoms with Crippen molar-refractivity contribution in [3.05, 3.63) is 71.2 Å². The van der Waals surface area contributed by atoms with Gasteiger partial charge < -0.3 is 0 Å². The Morgan fingerprint density at radius 1 is 1.00 bits per heavy atom. The Kier molecular flexibility index (Phi) is 3.32. The van der Waals surface area contributed by atoms with E-state index >= 15 is 0 Å². The highest BCUT2D eigenvalue weighted by molar-refractivity contribution is 7.15. The fourth-order valence-corrected chi connectivity index (χ4v) is 3.63. The lowest BCUT2D eigenvalue weighted by Gasteiger charge is -2.03. The van der Waals surface area contributed by atoms with Crippen molar-refractivity contribution < 1.29 is 4.79 Å². The summed E-state index contributed by atoms with van der Waals surface area (Å²) < 4.78 is 1.95. The molecular formula is C19H14N2OS. The number of carbonyl (C=O) groups is 1. The van der Waals surface area contributed by atoms with Gasteiger partial charge in [-0.25, -0.2) is 4.98 Å². The summed E-state index contributed by atoms with van der Waals surface area (Å²) in [6, 6.07) is 18.1. The van der Waals surface area contributed by atoms with E-state index in [2.05, 4.69) is 41.6 Å². The van der Waals surface area contributed by atoms with Crippen molar-refractivity contribution in [1.82, 2.24) is 9.38 Å². The lowest BCUT2D eigenvalue weighted by Crippen LogP contribution is -1.94. The first kappa shape index (κ1) is 13.9. The number of benzene rings is 2. The molecule has 0 amide bonds. The van der Waals surface area contributed by atoms with Crippen LogP contribution in [0, 0.1) is 6.92 Å². The molecule has 0 aliphatic rings. The molecule has 2 heterocycles. The molecule has 0 saturated heterocycles. The van der Waals surface area contributed by atoms with Gasteiger partial charge in [-0.3, -0.25) is 9.20 Å². The van der Waals surface area contributed by atoms with Crippen LogP contribution in [0.15, 0.2) is 60.0 Å². The van der Waals surface area contributed by atoms with Gasteiger partial charge in [0.15, 0.2) is 11.2 Å². The van der Waals surface area contributed by atoms with Gasteiger partial charge in [-0.15, -0.1) is 11.3 Å². The van der Waals surface area contributed by atoms with Crippen molar-refractivity contribution in [3.63, 3.8) is 0 Å². The first-order chi connectivity index (χ1) is 11.3. The third-order valence-corrected chi connectivity index (χ3v) is 4.73. The molecule has 0 radical (unpaired) electrons. The molecule has 2 aromatic heterocycles. The topological polar surface area (TPSA) is 34.4 Å². The normalized spacial score (nSPS) is 11.0. The van der Waals surface area contributed by atoms with Gasteiger partial charge in [0, 0.05) is 10.9 Å². The summed E-state index contributed by atoms with van der Waals surface area (Å²) in [7, 11) is 0. The van der Waals surface area contributed by atoms with Crippen LogP contribution in [0.1, 0.15) is 16.1 Å². The van der Waals surface area contributed by atoms with Crippen molar-refractivity contribution in [2.45, 2.75) is 6.92 Å². The van der Waals surface area contributed by atoms with E-state index in [1.165, 1.54) is 5.56 Å². The van der Waals surface area contributed by atoms with Gasteiger partial charge in [-0.1, -0.05) is 60.2 Å². The number of hydrogen-bond donors (Lipinski definition) is 0. The molecule has 0 spiro atoms. The Morgan fingerprint density at radius 3 is 2.43 bits per heavy atom. The highest BCUT2D eigenvalue weighted by Crippen LogP contribution is 2.32. The van der Waals surface area contributed by atoms with Gasteiger partial charge >= 0.3 is 0 Å². The maximum absolute atomic E-state index is 11.8. The van der Waals surface area contributed by atoms with E-state index in [1.54, 1.807) is 11.3 Å². The molecule has 23 heavy (non-hydrogen) atoms. The molecule has 4 rings (SSSR count). The first-order valence-corrected chi connectivity index (χ1v) is 8.23. The molecule has 0 aliphatic carbocycles. The van der Waals surface area contributed by atoms with Gasteiger partial charge in [-0.05, 0) is 12.5 Å². The Labute approximate surface area is 137 Å². The number of imidazole rings is 1. The summed E-state index contributed by atoms with van der Waals surface area (Å²) in [5.41, 5.74) is 5.60. The minimum Gasteiger partial charge on any atom is -0.296 e. The lowest BCUT2D eigenvalue weighted by molar-refractivity contribution is 0.111. The second-order valence-electron chi connectivity index (χ2n) is 5.43. The number of aromatic nitrogens is 2. The minimum absolute atomic E-state index is 0.600. The second kappa shape index (κ2) is 5.48. The van der Waals surface area contributed by atoms with E-state index in [4.69, 9.17) is 0 Å². The van der Waals surface area contributed by atoms with Gasteiger partial charge in [0.05, 0.1) is 5.69 Å². The van der Waals surface area contributed by atoms with Crippen LogP contribution in [0.25, 0.3) is 27.5 Å². The van der Waals surface area contributed by atoms with Crippen LogP contribution in [-0.2, 0) is 0 Å². The van der Waals surface area contributed by atoms with Crippen LogP contribution in [0.5, 0.6) is 0 Å². The molecule has 3 nitrogen and oxygen atoms in total. The summed E-state index contributed by atoms with van der Waals surface area (Å²) >= 11 is 1.55. The zero-order valence-corrected chi connectivity index (χ0v) is 13.4. The predicted molar refractivity (Wildman–Crippen MR) is 94.1 cm³/mol. The Balaban J connectivity index is 1.97. The summed E-state index contributed by atoms with van der Waals surface area (Å²) in [4.78, 5) is 17.3. The van der Waals surface area contributed by atoms with E-state index in [-0.39, 0.29) is 0 Å². The van der Waals surface area contributed by atoms with Crippen LogP contribution in [-0.4, -0.2) is 15.7 Å². The summed E-state index contributed by atoms with van der Waals surface area (Å²) in [5.74, 6) is 0. The fraction of sp³-hybridized carbons (Fsp3) is 0.0526. The van der Waals surface area contributed by atoms with Crippen LogP contribution < -0.4 is 0 Å². The average Bonchev–Trinajstić information content (AvgIpc) is 3.15. The van der Waals surface area contributed by atoms with Gasteiger partial charge in [-0.2, -0.15) is 0 Å². The molecule has 0 aliphatic heterocycles. The van der Waals surface area contributed by atoms with E-state index in [1.807, 2.05) is 34.7 Å². The zero-order chi connectivity index (χ0) is 15.8. The van der Waals surface area contributed by atoms with Crippen molar-refractivity contribution >= 4 is 22.6 Å². The lowest BCUT2D eigenvalue weighted by atomic mass is 10.1. The quantitative estimate of drug-likeness (QED) is 0.506. The molecular weight excluding hydrogens is 304 g/mol.